The van der Waals surface area contributed by atoms with Crippen LogP contribution in [0.25, 0.3) is 5.69 Å². The Kier molecular flexibility index (Phi) is 6.88. The number of halogens is 3. The monoisotopic (exact) mass is 456 g/mol. The van der Waals surface area contributed by atoms with Crippen molar-refractivity contribution >= 4 is 5.71 Å². The normalized spacial score (nSPS) is 13.5. The molecule has 0 amide bonds. The summed E-state index contributed by atoms with van der Waals surface area (Å²) in [6.07, 6.45) is -0.0925. The number of aromatic nitrogens is 4. The van der Waals surface area contributed by atoms with Crippen molar-refractivity contribution in [1.29, 1.82) is 0 Å². The van der Waals surface area contributed by atoms with Crippen LogP contribution >= 0.6 is 0 Å². The standard InChI is InChI=1S/C24H27F3N6/c1-3-12-32(13-4-2)14-10-21-30-31-22-16-29-23(19-7-5-6-11-28-19)18-15-17(24(25,26)27)8-9-20(18)33(21)22/h5-9,11,15H,3-4,10,12-14,16H2,1-2H3. The third kappa shape index (κ3) is 4.98. The van der Waals surface area contributed by atoms with E-state index in [0.29, 0.717) is 34.9 Å². The van der Waals surface area contributed by atoms with E-state index in [1.165, 1.54) is 6.07 Å². The van der Waals surface area contributed by atoms with Crippen molar-refractivity contribution in [3.63, 3.8) is 0 Å². The fraction of sp³-hybridized carbons (Fsp3) is 0.417. The van der Waals surface area contributed by atoms with Gasteiger partial charge in [-0.25, -0.2) is 0 Å². The van der Waals surface area contributed by atoms with Gasteiger partial charge >= 0.3 is 6.18 Å². The van der Waals surface area contributed by atoms with Gasteiger partial charge in [0.1, 0.15) is 12.4 Å². The molecule has 2 aromatic heterocycles. The number of fused-ring (bicyclic) bond motifs is 3. The molecule has 0 aliphatic carbocycles. The van der Waals surface area contributed by atoms with E-state index >= 15 is 0 Å². The topological polar surface area (TPSA) is 59.2 Å². The number of benzene rings is 1. The van der Waals surface area contributed by atoms with E-state index in [2.05, 4.69) is 38.9 Å². The Bertz CT molecular complexity index is 1110. The zero-order valence-electron chi connectivity index (χ0n) is 18.8. The predicted molar refractivity (Wildman–Crippen MR) is 121 cm³/mol. The summed E-state index contributed by atoms with van der Waals surface area (Å²) in [5, 5.41) is 8.71. The molecule has 1 aliphatic heterocycles. The second-order valence-electron chi connectivity index (χ2n) is 8.07. The number of hydrogen-bond donors (Lipinski definition) is 0. The van der Waals surface area contributed by atoms with Crippen molar-refractivity contribution in [3.05, 3.63) is 71.1 Å². The summed E-state index contributed by atoms with van der Waals surface area (Å²) >= 11 is 0. The van der Waals surface area contributed by atoms with Crippen molar-refractivity contribution in [2.45, 2.75) is 45.8 Å². The van der Waals surface area contributed by atoms with Crippen molar-refractivity contribution < 1.29 is 13.2 Å². The molecule has 0 unspecified atom stereocenters. The van der Waals surface area contributed by atoms with E-state index < -0.39 is 11.7 Å². The zero-order valence-corrected chi connectivity index (χ0v) is 18.8. The van der Waals surface area contributed by atoms with E-state index in [0.717, 1.165) is 50.4 Å². The van der Waals surface area contributed by atoms with Gasteiger partial charge in [0.2, 0.25) is 0 Å². The highest BCUT2D eigenvalue weighted by atomic mass is 19.4. The first-order valence-electron chi connectivity index (χ1n) is 11.3. The van der Waals surface area contributed by atoms with Gasteiger partial charge in [0.15, 0.2) is 5.82 Å². The van der Waals surface area contributed by atoms with Crippen molar-refractivity contribution in [1.82, 2.24) is 24.6 Å². The number of hydrogen-bond acceptors (Lipinski definition) is 5. The maximum absolute atomic E-state index is 13.6. The molecule has 4 rings (SSSR count). The van der Waals surface area contributed by atoms with Crippen LogP contribution in [0.3, 0.4) is 0 Å². The molecule has 1 aromatic carbocycles. The summed E-state index contributed by atoms with van der Waals surface area (Å²) in [4.78, 5) is 11.3. The third-order valence-corrected chi connectivity index (χ3v) is 5.63. The summed E-state index contributed by atoms with van der Waals surface area (Å²) < 4.78 is 42.6. The SMILES string of the molecule is CCCN(CCC)CCc1nnc2n1-c1ccc(C(F)(F)F)cc1C(c1ccccn1)=NC2. The summed E-state index contributed by atoms with van der Waals surface area (Å²) in [7, 11) is 0. The van der Waals surface area contributed by atoms with Crippen molar-refractivity contribution in [3.8, 4) is 5.69 Å². The van der Waals surface area contributed by atoms with Crippen LogP contribution in [0.5, 0.6) is 0 Å². The number of alkyl halides is 3. The van der Waals surface area contributed by atoms with Crippen LogP contribution in [0.4, 0.5) is 13.2 Å². The highest BCUT2D eigenvalue weighted by Gasteiger charge is 2.33. The first-order valence-corrected chi connectivity index (χ1v) is 11.3. The fourth-order valence-electron chi connectivity index (χ4n) is 4.18. The lowest BCUT2D eigenvalue weighted by Crippen LogP contribution is -2.28. The van der Waals surface area contributed by atoms with Gasteiger partial charge in [0, 0.05) is 24.7 Å². The molecule has 0 fully saturated rings. The highest BCUT2D eigenvalue weighted by Crippen LogP contribution is 2.34. The van der Waals surface area contributed by atoms with Crippen LogP contribution in [0.1, 0.15) is 55.2 Å². The average Bonchev–Trinajstić information content (AvgIpc) is 3.12. The van der Waals surface area contributed by atoms with Gasteiger partial charge in [-0.2, -0.15) is 13.2 Å². The summed E-state index contributed by atoms with van der Waals surface area (Å²) in [5.74, 6) is 1.33. The fourth-order valence-corrected chi connectivity index (χ4v) is 4.18. The molecule has 6 nitrogen and oxygen atoms in total. The zero-order chi connectivity index (χ0) is 23.4. The summed E-state index contributed by atoms with van der Waals surface area (Å²) in [5.41, 5.74) is 1.20. The largest absolute Gasteiger partial charge is 0.416 e. The van der Waals surface area contributed by atoms with Crippen LogP contribution in [0.2, 0.25) is 0 Å². The van der Waals surface area contributed by atoms with Crippen LogP contribution < -0.4 is 0 Å². The van der Waals surface area contributed by atoms with Gasteiger partial charge in [-0.05, 0) is 56.3 Å². The molecule has 1 aliphatic rings. The molecule has 0 saturated heterocycles. The van der Waals surface area contributed by atoms with Gasteiger partial charge in [-0.3, -0.25) is 14.5 Å². The third-order valence-electron chi connectivity index (χ3n) is 5.63. The summed E-state index contributed by atoms with van der Waals surface area (Å²) in [6, 6.07) is 9.07. The van der Waals surface area contributed by atoms with Crippen LogP contribution in [0.15, 0.2) is 47.6 Å². The molecule has 9 heteroatoms. The molecule has 0 atom stereocenters. The minimum Gasteiger partial charge on any atom is -0.303 e. The maximum atomic E-state index is 13.6. The molecule has 3 aromatic rings. The van der Waals surface area contributed by atoms with E-state index in [1.54, 1.807) is 24.4 Å². The van der Waals surface area contributed by atoms with Crippen LogP contribution in [-0.2, 0) is 19.1 Å². The molecule has 0 bridgehead atoms. The number of rotatable bonds is 8. The second kappa shape index (κ2) is 9.82. The van der Waals surface area contributed by atoms with Crippen LogP contribution in [0, 0.1) is 0 Å². The molecule has 174 valence electrons. The number of pyridine rings is 1. The van der Waals surface area contributed by atoms with E-state index in [4.69, 9.17) is 0 Å². The maximum Gasteiger partial charge on any atom is 0.416 e. The first kappa shape index (κ1) is 23.1. The Morgan fingerprint density at radius 3 is 2.45 bits per heavy atom. The quantitative estimate of drug-likeness (QED) is 0.493. The molecule has 0 saturated carbocycles. The summed E-state index contributed by atoms with van der Waals surface area (Å²) in [6.45, 7) is 7.31. The Morgan fingerprint density at radius 1 is 1.00 bits per heavy atom. The smallest absolute Gasteiger partial charge is 0.303 e. The van der Waals surface area contributed by atoms with E-state index in [-0.39, 0.29) is 6.54 Å². The molecule has 33 heavy (non-hydrogen) atoms. The Morgan fingerprint density at radius 2 is 1.79 bits per heavy atom. The minimum atomic E-state index is -4.46. The average molecular weight is 457 g/mol. The van der Waals surface area contributed by atoms with E-state index in [1.807, 2.05) is 4.57 Å². The Hall–Kier alpha value is -3.07. The lowest BCUT2D eigenvalue weighted by molar-refractivity contribution is -0.137. The molecular weight excluding hydrogens is 429 g/mol. The molecule has 0 N–H and O–H groups in total. The Balaban J connectivity index is 1.78. The van der Waals surface area contributed by atoms with Gasteiger partial charge in [-0.15, -0.1) is 10.2 Å². The lowest BCUT2D eigenvalue weighted by atomic mass is 10.0. The van der Waals surface area contributed by atoms with Gasteiger partial charge in [-0.1, -0.05) is 19.9 Å². The number of aliphatic imine (C=N–C) groups is 1. The molecular formula is C24H27F3N6. The van der Waals surface area contributed by atoms with Crippen molar-refractivity contribution in [2.24, 2.45) is 4.99 Å². The second-order valence-corrected chi connectivity index (χ2v) is 8.07. The van der Waals surface area contributed by atoms with Gasteiger partial charge < -0.3 is 4.90 Å². The molecule has 3 heterocycles. The van der Waals surface area contributed by atoms with Gasteiger partial charge in [0.25, 0.3) is 0 Å². The predicted octanol–water partition coefficient (Wildman–Crippen LogP) is 4.70. The number of nitrogens with zero attached hydrogens (tertiary/aromatic N) is 6. The Labute approximate surface area is 191 Å². The minimum absolute atomic E-state index is 0.211. The first-order chi connectivity index (χ1) is 15.9. The van der Waals surface area contributed by atoms with Gasteiger partial charge in [0.05, 0.1) is 22.7 Å². The highest BCUT2D eigenvalue weighted by molar-refractivity contribution is 6.14. The van der Waals surface area contributed by atoms with E-state index in [9.17, 15) is 13.2 Å². The molecule has 0 radical (unpaired) electrons. The van der Waals surface area contributed by atoms with Crippen LogP contribution in [-0.4, -0.2) is 50.0 Å². The molecule has 0 spiro atoms. The van der Waals surface area contributed by atoms with Crippen molar-refractivity contribution in [2.75, 3.05) is 19.6 Å². The lowest BCUT2D eigenvalue weighted by Gasteiger charge is -2.21.